The number of urea groups is 1. The number of hydrogen-bond acceptors (Lipinski definition) is 3. The van der Waals surface area contributed by atoms with Crippen molar-refractivity contribution in [3.8, 4) is 6.07 Å². The highest BCUT2D eigenvalue weighted by Gasteiger charge is 2.26. The highest BCUT2D eigenvalue weighted by atomic mass is 19.1. The van der Waals surface area contributed by atoms with Gasteiger partial charge in [-0.25, -0.2) is 9.18 Å². The number of hydrogen-bond donors (Lipinski definition) is 3. The summed E-state index contributed by atoms with van der Waals surface area (Å²) in [4.78, 5) is 11.9. The maximum absolute atomic E-state index is 13.6. The van der Waals surface area contributed by atoms with E-state index in [9.17, 15) is 9.18 Å². The molecule has 0 radical (unpaired) electrons. The molecule has 0 atom stereocenters. The lowest BCUT2D eigenvalue weighted by atomic mass is 9.79. The van der Waals surface area contributed by atoms with Crippen LogP contribution in [0.5, 0.6) is 0 Å². The molecule has 0 aliphatic rings. The summed E-state index contributed by atoms with van der Waals surface area (Å²) in [6.07, 6.45) is 2.32. The molecule has 0 bridgehead atoms. The predicted octanol–water partition coefficient (Wildman–Crippen LogP) is 2.69. The van der Waals surface area contributed by atoms with Crippen molar-refractivity contribution in [2.24, 2.45) is 5.41 Å². The highest BCUT2D eigenvalue weighted by molar-refractivity contribution is 5.73. The normalized spacial score (nSPS) is 10.9. The average Bonchev–Trinajstić information content (AvgIpc) is 2.58. The van der Waals surface area contributed by atoms with Crippen molar-refractivity contribution in [1.29, 1.82) is 5.26 Å². The fourth-order valence-corrected chi connectivity index (χ4v) is 2.46. The fraction of sp³-hybridized carbons (Fsp3) is 0.529. The van der Waals surface area contributed by atoms with Crippen molar-refractivity contribution in [2.45, 2.75) is 39.7 Å². The van der Waals surface area contributed by atoms with E-state index in [-0.39, 0.29) is 24.1 Å². The summed E-state index contributed by atoms with van der Waals surface area (Å²) in [5.74, 6) is -0.457. The van der Waals surface area contributed by atoms with Crippen LogP contribution in [0.3, 0.4) is 0 Å². The van der Waals surface area contributed by atoms with Crippen molar-refractivity contribution >= 4 is 6.03 Å². The van der Waals surface area contributed by atoms with Crippen LogP contribution in [0.4, 0.5) is 9.18 Å². The van der Waals surface area contributed by atoms with Gasteiger partial charge in [-0.1, -0.05) is 13.8 Å². The summed E-state index contributed by atoms with van der Waals surface area (Å²) in [6, 6.07) is 5.58. The van der Waals surface area contributed by atoms with Gasteiger partial charge in [-0.3, -0.25) is 0 Å². The Hall–Kier alpha value is -2.13. The number of aliphatic hydroxyl groups excluding tert-OH is 1. The molecule has 0 aliphatic heterocycles. The lowest BCUT2D eigenvalue weighted by Gasteiger charge is -2.31. The van der Waals surface area contributed by atoms with E-state index < -0.39 is 11.8 Å². The molecule has 1 aromatic rings. The molecule has 1 rings (SSSR count). The number of nitrogens with one attached hydrogen (secondary N) is 2. The molecule has 6 heteroatoms. The van der Waals surface area contributed by atoms with Crippen molar-refractivity contribution in [2.75, 3.05) is 13.2 Å². The van der Waals surface area contributed by atoms with Crippen LogP contribution in [0, 0.1) is 22.6 Å². The molecule has 0 saturated carbocycles. The molecule has 1 aromatic carbocycles. The monoisotopic (exact) mass is 321 g/mol. The first kappa shape index (κ1) is 18.9. The minimum absolute atomic E-state index is 0.0123. The zero-order valence-corrected chi connectivity index (χ0v) is 13.7. The zero-order chi connectivity index (χ0) is 17.3. The number of amides is 2. The topological polar surface area (TPSA) is 85.2 Å². The molecule has 0 saturated heterocycles. The van der Waals surface area contributed by atoms with E-state index in [4.69, 9.17) is 10.4 Å². The third-order valence-corrected chi connectivity index (χ3v) is 4.38. The second kappa shape index (κ2) is 9.11. The van der Waals surface area contributed by atoms with Crippen LogP contribution >= 0.6 is 0 Å². The number of carbonyl (C=O) groups is 1. The van der Waals surface area contributed by atoms with Gasteiger partial charge in [-0.05, 0) is 42.9 Å². The molecular weight excluding hydrogens is 297 g/mol. The van der Waals surface area contributed by atoms with Crippen LogP contribution in [-0.2, 0) is 6.54 Å². The summed E-state index contributed by atoms with van der Waals surface area (Å²) in [5, 5.41) is 23.4. The Balaban J connectivity index is 2.56. The van der Waals surface area contributed by atoms with Crippen LogP contribution in [0.1, 0.15) is 44.2 Å². The van der Waals surface area contributed by atoms with Gasteiger partial charge in [-0.15, -0.1) is 0 Å². The Morgan fingerprint density at radius 1 is 1.35 bits per heavy atom. The molecule has 0 aliphatic carbocycles. The largest absolute Gasteiger partial charge is 0.396 e. The molecule has 0 spiro atoms. The van der Waals surface area contributed by atoms with Crippen molar-refractivity contribution in [3.63, 3.8) is 0 Å². The molecule has 2 amide bonds. The molecular formula is C17H24FN3O2. The summed E-state index contributed by atoms with van der Waals surface area (Å²) < 4.78 is 13.6. The van der Waals surface area contributed by atoms with Crippen LogP contribution in [-0.4, -0.2) is 24.3 Å². The quantitative estimate of drug-likeness (QED) is 0.688. The Morgan fingerprint density at radius 2 is 2.04 bits per heavy atom. The van der Waals surface area contributed by atoms with Gasteiger partial charge in [-0.2, -0.15) is 5.26 Å². The third-order valence-electron chi connectivity index (χ3n) is 4.38. The minimum atomic E-state index is -0.457. The first-order chi connectivity index (χ1) is 11.0. The van der Waals surface area contributed by atoms with E-state index in [2.05, 4.69) is 10.6 Å². The maximum Gasteiger partial charge on any atom is 0.315 e. The summed E-state index contributed by atoms with van der Waals surface area (Å²) in [7, 11) is 0. The van der Waals surface area contributed by atoms with Crippen molar-refractivity contribution in [1.82, 2.24) is 10.6 Å². The Bertz CT molecular complexity index is 565. The van der Waals surface area contributed by atoms with E-state index in [1.54, 1.807) is 0 Å². The highest BCUT2D eigenvalue weighted by Crippen LogP contribution is 2.29. The average molecular weight is 321 g/mol. The summed E-state index contributed by atoms with van der Waals surface area (Å²) in [6.45, 7) is 4.60. The van der Waals surface area contributed by atoms with Crippen molar-refractivity contribution < 1.29 is 14.3 Å². The molecule has 0 heterocycles. The number of aliphatic hydroxyl groups is 1. The number of benzene rings is 1. The lowest BCUT2D eigenvalue weighted by molar-refractivity contribution is 0.163. The molecule has 3 N–H and O–H groups in total. The van der Waals surface area contributed by atoms with Crippen LogP contribution in [0.15, 0.2) is 18.2 Å². The van der Waals surface area contributed by atoms with E-state index in [1.807, 2.05) is 19.9 Å². The van der Waals surface area contributed by atoms with Gasteiger partial charge in [0.2, 0.25) is 0 Å². The van der Waals surface area contributed by atoms with Crippen LogP contribution in [0.25, 0.3) is 0 Å². The zero-order valence-electron chi connectivity index (χ0n) is 13.7. The fourth-order valence-electron chi connectivity index (χ4n) is 2.46. The van der Waals surface area contributed by atoms with Gasteiger partial charge in [0.1, 0.15) is 5.82 Å². The van der Waals surface area contributed by atoms with E-state index >= 15 is 0 Å². The second-order valence-electron chi connectivity index (χ2n) is 5.63. The molecule has 5 nitrogen and oxygen atoms in total. The first-order valence-corrected chi connectivity index (χ1v) is 7.81. The first-order valence-electron chi connectivity index (χ1n) is 7.81. The smallest absolute Gasteiger partial charge is 0.315 e. The van der Waals surface area contributed by atoms with Gasteiger partial charge in [0.15, 0.2) is 0 Å². The Labute approximate surface area is 136 Å². The number of nitrogens with zero attached hydrogens (tertiary/aromatic N) is 1. The van der Waals surface area contributed by atoms with Crippen LogP contribution < -0.4 is 10.6 Å². The predicted molar refractivity (Wildman–Crippen MR) is 86.1 cm³/mol. The van der Waals surface area contributed by atoms with Crippen molar-refractivity contribution in [3.05, 3.63) is 35.1 Å². The van der Waals surface area contributed by atoms with E-state index in [0.717, 1.165) is 12.8 Å². The summed E-state index contributed by atoms with van der Waals surface area (Å²) in [5.41, 5.74) is 0.493. The van der Waals surface area contributed by atoms with Crippen LogP contribution in [0.2, 0.25) is 0 Å². The maximum atomic E-state index is 13.6. The van der Waals surface area contributed by atoms with Gasteiger partial charge in [0.25, 0.3) is 0 Å². The van der Waals surface area contributed by atoms with Gasteiger partial charge < -0.3 is 15.7 Å². The SMILES string of the molecule is CCC(CC)(CCO)CNC(=O)NCc1cc(C#N)ccc1F. The molecule has 0 fully saturated rings. The van der Waals surface area contributed by atoms with Gasteiger partial charge in [0.05, 0.1) is 11.6 Å². The standard InChI is InChI=1S/C17H24FN3O2/c1-3-17(4-2,7-8-22)12-21-16(23)20-11-14-9-13(10-19)5-6-15(14)18/h5-6,9,22H,3-4,7-8,11-12H2,1-2H3,(H2,20,21,23). The van der Waals surface area contributed by atoms with Gasteiger partial charge in [0, 0.05) is 25.3 Å². The van der Waals surface area contributed by atoms with Gasteiger partial charge >= 0.3 is 6.03 Å². The Kier molecular flexibility index (Phi) is 7.49. The lowest BCUT2D eigenvalue weighted by Crippen LogP contribution is -2.42. The third kappa shape index (κ3) is 5.53. The second-order valence-corrected chi connectivity index (χ2v) is 5.63. The number of nitriles is 1. The number of rotatable bonds is 8. The summed E-state index contributed by atoms with van der Waals surface area (Å²) >= 11 is 0. The molecule has 0 aromatic heterocycles. The molecule has 126 valence electrons. The minimum Gasteiger partial charge on any atom is -0.396 e. The van der Waals surface area contributed by atoms with E-state index in [1.165, 1.54) is 18.2 Å². The number of carbonyl (C=O) groups excluding carboxylic acids is 1. The molecule has 0 unspecified atom stereocenters. The Morgan fingerprint density at radius 3 is 2.61 bits per heavy atom. The van der Waals surface area contributed by atoms with E-state index in [0.29, 0.717) is 18.5 Å². The number of halogens is 1. The molecule has 23 heavy (non-hydrogen) atoms.